The summed E-state index contributed by atoms with van der Waals surface area (Å²) in [4.78, 5) is 24.2. The van der Waals surface area contributed by atoms with Gasteiger partial charge < -0.3 is 19.5 Å². The van der Waals surface area contributed by atoms with Gasteiger partial charge in [-0.05, 0) is 31.0 Å². The molecule has 0 heterocycles. The molecule has 2 rings (SSSR count). The monoisotopic (exact) mass is 335 g/mol. The molecule has 1 amide bonds. The summed E-state index contributed by atoms with van der Waals surface area (Å²) in [5.41, 5.74) is 0.235. The Morgan fingerprint density at radius 2 is 1.79 bits per heavy atom. The summed E-state index contributed by atoms with van der Waals surface area (Å²) in [5.74, 6) is 0.0227. The first-order valence-electron chi connectivity index (χ1n) is 8.32. The number of amides is 1. The van der Waals surface area contributed by atoms with Gasteiger partial charge in [0.25, 0.3) is 5.91 Å². The molecule has 1 aromatic carbocycles. The van der Waals surface area contributed by atoms with Crippen molar-refractivity contribution in [3.8, 4) is 11.5 Å². The van der Waals surface area contributed by atoms with Gasteiger partial charge in [0.05, 0.1) is 14.2 Å². The highest BCUT2D eigenvalue weighted by Gasteiger charge is 2.18. The fourth-order valence-electron chi connectivity index (χ4n) is 2.88. The van der Waals surface area contributed by atoms with Crippen LogP contribution in [0, 0.1) is 0 Å². The largest absolute Gasteiger partial charge is 0.497 e. The maximum absolute atomic E-state index is 12.2. The number of hydrogen-bond donors (Lipinski definition) is 1. The van der Waals surface area contributed by atoms with Gasteiger partial charge in [-0.3, -0.25) is 4.79 Å². The first kappa shape index (κ1) is 18.1. The highest BCUT2D eigenvalue weighted by Crippen LogP contribution is 2.24. The van der Waals surface area contributed by atoms with Crippen LogP contribution in [0.1, 0.15) is 48.9 Å². The molecule has 1 aromatic rings. The predicted molar refractivity (Wildman–Crippen MR) is 89.5 cm³/mol. The van der Waals surface area contributed by atoms with Gasteiger partial charge in [0.1, 0.15) is 17.1 Å². The lowest BCUT2D eigenvalue weighted by molar-refractivity contribution is -0.125. The molecule has 1 saturated carbocycles. The molecule has 6 nitrogen and oxygen atoms in total. The molecule has 0 aliphatic heterocycles. The smallest absolute Gasteiger partial charge is 0.342 e. The number of ether oxygens (including phenoxy) is 3. The van der Waals surface area contributed by atoms with E-state index in [1.54, 1.807) is 12.1 Å². The van der Waals surface area contributed by atoms with Gasteiger partial charge in [-0.2, -0.15) is 0 Å². The van der Waals surface area contributed by atoms with Gasteiger partial charge in [-0.15, -0.1) is 0 Å². The highest BCUT2D eigenvalue weighted by molar-refractivity contribution is 5.94. The maximum Gasteiger partial charge on any atom is 0.342 e. The van der Waals surface area contributed by atoms with E-state index in [0.717, 1.165) is 25.7 Å². The third kappa shape index (κ3) is 5.15. The van der Waals surface area contributed by atoms with Gasteiger partial charge in [-0.1, -0.05) is 25.7 Å². The molecule has 0 bridgehead atoms. The average molecular weight is 335 g/mol. The molecule has 0 atom stereocenters. The maximum atomic E-state index is 12.2. The first-order chi connectivity index (χ1) is 11.6. The molecular formula is C18H25NO5. The zero-order chi connectivity index (χ0) is 17.4. The van der Waals surface area contributed by atoms with Crippen molar-refractivity contribution in [2.24, 2.45) is 0 Å². The van der Waals surface area contributed by atoms with E-state index in [1.165, 1.54) is 33.1 Å². The molecule has 0 saturated heterocycles. The van der Waals surface area contributed by atoms with Gasteiger partial charge in [0.15, 0.2) is 6.61 Å². The molecule has 24 heavy (non-hydrogen) atoms. The SMILES string of the molecule is COc1ccc(OC)c(C(=O)OCC(=O)NC2CCCCCC2)c1. The summed E-state index contributed by atoms with van der Waals surface area (Å²) in [5, 5.41) is 2.94. The summed E-state index contributed by atoms with van der Waals surface area (Å²) in [6.07, 6.45) is 6.68. The summed E-state index contributed by atoms with van der Waals surface area (Å²) >= 11 is 0. The van der Waals surface area contributed by atoms with E-state index in [0.29, 0.717) is 11.5 Å². The third-order valence-electron chi connectivity index (χ3n) is 4.18. The van der Waals surface area contributed by atoms with Crippen LogP contribution >= 0.6 is 0 Å². The fraction of sp³-hybridized carbons (Fsp3) is 0.556. The average Bonchev–Trinajstić information content (AvgIpc) is 2.87. The summed E-state index contributed by atoms with van der Waals surface area (Å²) in [6.45, 7) is -0.296. The van der Waals surface area contributed by atoms with Crippen LogP contribution in [0.5, 0.6) is 11.5 Å². The Morgan fingerprint density at radius 1 is 1.08 bits per heavy atom. The van der Waals surface area contributed by atoms with Crippen molar-refractivity contribution in [1.82, 2.24) is 5.32 Å². The Bertz CT molecular complexity index is 565. The van der Waals surface area contributed by atoms with Crippen LogP contribution in [0.2, 0.25) is 0 Å². The molecule has 0 spiro atoms. The van der Waals surface area contributed by atoms with Crippen molar-refractivity contribution >= 4 is 11.9 Å². The van der Waals surface area contributed by atoms with Crippen LogP contribution in [-0.2, 0) is 9.53 Å². The van der Waals surface area contributed by atoms with Crippen LogP contribution in [0.15, 0.2) is 18.2 Å². The summed E-state index contributed by atoms with van der Waals surface area (Å²) in [6, 6.07) is 5.03. The number of nitrogens with one attached hydrogen (secondary N) is 1. The molecule has 6 heteroatoms. The normalized spacial score (nSPS) is 15.2. The van der Waals surface area contributed by atoms with Gasteiger partial charge >= 0.3 is 5.97 Å². The molecular weight excluding hydrogens is 310 g/mol. The van der Waals surface area contributed by atoms with Crippen molar-refractivity contribution in [2.45, 2.75) is 44.6 Å². The van der Waals surface area contributed by atoms with Gasteiger partial charge in [-0.25, -0.2) is 4.79 Å². The van der Waals surface area contributed by atoms with Crippen molar-refractivity contribution in [3.05, 3.63) is 23.8 Å². The number of benzene rings is 1. The van der Waals surface area contributed by atoms with Crippen LogP contribution in [0.3, 0.4) is 0 Å². The lowest BCUT2D eigenvalue weighted by atomic mass is 10.1. The standard InChI is InChI=1S/C18H25NO5/c1-22-14-9-10-16(23-2)15(11-14)18(21)24-12-17(20)19-13-7-5-3-4-6-8-13/h9-11,13H,3-8,12H2,1-2H3,(H,19,20). The predicted octanol–water partition coefficient (Wildman–Crippen LogP) is 2.70. The van der Waals surface area contributed by atoms with E-state index < -0.39 is 5.97 Å². The number of esters is 1. The topological polar surface area (TPSA) is 73.9 Å². The van der Waals surface area contributed by atoms with Gasteiger partial charge in [0.2, 0.25) is 0 Å². The second-order valence-corrected chi connectivity index (χ2v) is 5.90. The Hall–Kier alpha value is -2.24. The number of rotatable bonds is 6. The van der Waals surface area contributed by atoms with E-state index in [9.17, 15) is 9.59 Å². The number of hydrogen-bond acceptors (Lipinski definition) is 5. The number of carbonyl (C=O) groups excluding carboxylic acids is 2. The summed E-state index contributed by atoms with van der Waals surface area (Å²) in [7, 11) is 2.98. The first-order valence-corrected chi connectivity index (χ1v) is 8.32. The quantitative estimate of drug-likeness (QED) is 0.639. The molecule has 1 N–H and O–H groups in total. The van der Waals surface area contributed by atoms with Crippen LogP contribution in [0.25, 0.3) is 0 Å². The highest BCUT2D eigenvalue weighted by atomic mass is 16.5. The van der Waals surface area contributed by atoms with E-state index >= 15 is 0 Å². The van der Waals surface area contributed by atoms with E-state index in [4.69, 9.17) is 14.2 Å². The lowest BCUT2D eigenvalue weighted by Crippen LogP contribution is -2.37. The van der Waals surface area contributed by atoms with Crippen LogP contribution < -0.4 is 14.8 Å². The molecule has 1 fully saturated rings. The lowest BCUT2D eigenvalue weighted by Gasteiger charge is -2.16. The minimum atomic E-state index is -0.609. The molecule has 0 radical (unpaired) electrons. The van der Waals surface area contributed by atoms with Crippen molar-refractivity contribution in [2.75, 3.05) is 20.8 Å². The van der Waals surface area contributed by atoms with Gasteiger partial charge in [0, 0.05) is 6.04 Å². The minimum Gasteiger partial charge on any atom is -0.497 e. The van der Waals surface area contributed by atoms with Crippen LogP contribution in [-0.4, -0.2) is 38.7 Å². The van der Waals surface area contributed by atoms with Crippen molar-refractivity contribution in [1.29, 1.82) is 0 Å². The number of methoxy groups -OCH3 is 2. The third-order valence-corrected chi connectivity index (χ3v) is 4.18. The fourth-order valence-corrected chi connectivity index (χ4v) is 2.88. The molecule has 1 aliphatic carbocycles. The molecule has 1 aliphatic rings. The zero-order valence-corrected chi connectivity index (χ0v) is 14.3. The Balaban J connectivity index is 1.89. The van der Waals surface area contributed by atoms with E-state index in [1.807, 2.05) is 0 Å². The van der Waals surface area contributed by atoms with Crippen LogP contribution in [0.4, 0.5) is 0 Å². The zero-order valence-electron chi connectivity index (χ0n) is 14.3. The van der Waals surface area contributed by atoms with Crippen molar-refractivity contribution < 1.29 is 23.8 Å². The molecule has 0 aromatic heterocycles. The van der Waals surface area contributed by atoms with Crippen molar-refractivity contribution in [3.63, 3.8) is 0 Å². The Labute approximate surface area is 142 Å². The van der Waals surface area contributed by atoms with E-state index in [-0.39, 0.29) is 24.1 Å². The minimum absolute atomic E-state index is 0.185. The van der Waals surface area contributed by atoms with E-state index in [2.05, 4.69) is 5.32 Å². The molecule has 0 unspecified atom stereocenters. The second-order valence-electron chi connectivity index (χ2n) is 5.90. The Kier molecular flexibility index (Phi) is 6.90. The number of carbonyl (C=O) groups is 2. The molecule has 132 valence electrons. The Morgan fingerprint density at radius 3 is 2.42 bits per heavy atom. The second kappa shape index (κ2) is 9.15. The summed E-state index contributed by atoms with van der Waals surface area (Å²) < 4.78 is 15.4.